The Hall–Kier alpha value is -2.96. The molecule has 1 aromatic carbocycles. The second-order valence-electron chi connectivity index (χ2n) is 6.82. The normalized spacial score (nSPS) is 17.7. The Kier molecular flexibility index (Phi) is 5.59. The summed E-state index contributed by atoms with van der Waals surface area (Å²) < 4.78 is 5.32. The van der Waals surface area contributed by atoms with E-state index in [1.165, 1.54) is 12.2 Å². The van der Waals surface area contributed by atoms with E-state index in [1.54, 1.807) is 58.0 Å². The van der Waals surface area contributed by atoms with Crippen molar-refractivity contribution in [3.05, 3.63) is 48.0 Å². The highest BCUT2D eigenvalue weighted by molar-refractivity contribution is 6.13. The smallest absolute Gasteiger partial charge is 0.334 e. The summed E-state index contributed by atoms with van der Waals surface area (Å²) in [5, 5.41) is 0. The average molecular weight is 358 g/mol. The van der Waals surface area contributed by atoms with Crippen molar-refractivity contribution in [2.75, 3.05) is 6.54 Å². The van der Waals surface area contributed by atoms with Crippen molar-refractivity contribution in [2.45, 2.75) is 39.3 Å². The maximum atomic E-state index is 12.7. The van der Waals surface area contributed by atoms with Gasteiger partial charge in [0.25, 0.3) is 11.8 Å². The van der Waals surface area contributed by atoms with Crippen molar-refractivity contribution in [3.63, 3.8) is 0 Å². The third-order valence-corrected chi connectivity index (χ3v) is 3.60. The van der Waals surface area contributed by atoms with E-state index in [2.05, 4.69) is 0 Å². The summed E-state index contributed by atoms with van der Waals surface area (Å²) in [6.45, 7) is 6.44. The molecule has 7 nitrogen and oxygen atoms in total. The highest BCUT2D eigenvalue weighted by Gasteiger charge is 2.48. The number of amides is 4. The van der Waals surface area contributed by atoms with Crippen molar-refractivity contribution in [1.82, 2.24) is 9.80 Å². The van der Waals surface area contributed by atoms with Gasteiger partial charge in [0.2, 0.25) is 0 Å². The van der Waals surface area contributed by atoms with Gasteiger partial charge in [-0.3, -0.25) is 14.5 Å². The molecule has 1 aliphatic rings. The van der Waals surface area contributed by atoms with Crippen LogP contribution in [-0.4, -0.2) is 51.8 Å². The summed E-state index contributed by atoms with van der Waals surface area (Å²) in [6.07, 6.45) is 2.63. The SMILES string of the molecule is C/C=C/C(=O)N1C(=O)N(C(=O)c2ccccc2)C[C@H]1C(=O)OC(C)(C)C. The van der Waals surface area contributed by atoms with E-state index in [0.717, 1.165) is 9.80 Å². The second-order valence-corrected chi connectivity index (χ2v) is 6.82. The fourth-order valence-electron chi connectivity index (χ4n) is 2.52. The first kappa shape index (κ1) is 19.4. The Bertz CT molecular complexity index is 749. The van der Waals surface area contributed by atoms with Gasteiger partial charge in [0.1, 0.15) is 5.60 Å². The lowest BCUT2D eigenvalue weighted by Gasteiger charge is -2.24. The predicted molar refractivity (Wildman–Crippen MR) is 94.2 cm³/mol. The van der Waals surface area contributed by atoms with Gasteiger partial charge in [-0.25, -0.2) is 14.5 Å². The number of urea groups is 1. The lowest BCUT2D eigenvalue weighted by Crippen LogP contribution is -2.45. The van der Waals surface area contributed by atoms with E-state index in [4.69, 9.17) is 4.74 Å². The quantitative estimate of drug-likeness (QED) is 0.612. The molecule has 0 aromatic heterocycles. The Morgan fingerprint density at radius 3 is 2.31 bits per heavy atom. The van der Waals surface area contributed by atoms with Crippen LogP contribution < -0.4 is 0 Å². The monoisotopic (exact) mass is 358 g/mol. The first-order valence-electron chi connectivity index (χ1n) is 8.25. The molecule has 1 saturated heterocycles. The predicted octanol–water partition coefficient (Wildman–Crippen LogP) is 2.38. The maximum absolute atomic E-state index is 12.7. The molecule has 0 N–H and O–H groups in total. The lowest BCUT2D eigenvalue weighted by molar-refractivity contribution is -0.161. The number of esters is 1. The van der Waals surface area contributed by atoms with Gasteiger partial charge in [0.05, 0.1) is 6.54 Å². The van der Waals surface area contributed by atoms with Crippen LogP contribution in [0.1, 0.15) is 38.1 Å². The van der Waals surface area contributed by atoms with Crippen molar-refractivity contribution >= 4 is 23.8 Å². The van der Waals surface area contributed by atoms with Gasteiger partial charge in [-0.15, -0.1) is 0 Å². The number of carbonyl (C=O) groups excluding carboxylic acids is 4. The van der Waals surface area contributed by atoms with Crippen LogP contribution in [0.15, 0.2) is 42.5 Å². The Balaban J connectivity index is 2.34. The van der Waals surface area contributed by atoms with Gasteiger partial charge in [-0.1, -0.05) is 24.3 Å². The van der Waals surface area contributed by atoms with E-state index in [9.17, 15) is 19.2 Å². The van der Waals surface area contributed by atoms with Gasteiger partial charge in [0, 0.05) is 5.56 Å². The molecule has 0 bridgehead atoms. The molecule has 2 rings (SSSR count). The fraction of sp³-hybridized carbons (Fsp3) is 0.368. The third-order valence-electron chi connectivity index (χ3n) is 3.60. The molecule has 4 amide bonds. The lowest BCUT2D eigenvalue weighted by atomic mass is 10.1. The summed E-state index contributed by atoms with van der Waals surface area (Å²) in [4.78, 5) is 51.8. The molecule has 1 aliphatic heterocycles. The molecule has 26 heavy (non-hydrogen) atoms. The minimum absolute atomic E-state index is 0.245. The Morgan fingerprint density at radius 2 is 1.77 bits per heavy atom. The number of hydrogen-bond acceptors (Lipinski definition) is 5. The Labute approximate surface area is 152 Å². The molecule has 138 valence electrons. The van der Waals surface area contributed by atoms with Crippen molar-refractivity contribution in [3.8, 4) is 0 Å². The standard InChI is InChI=1S/C19H22N2O5/c1-5-9-15(22)21-14(17(24)26-19(2,3)4)12-20(18(21)25)16(23)13-10-7-6-8-11-13/h5-11,14H,12H2,1-4H3/b9-5+/t14-/m0/s1. The first-order valence-corrected chi connectivity index (χ1v) is 8.25. The van der Waals surface area contributed by atoms with Crippen molar-refractivity contribution in [2.24, 2.45) is 0 Å². The molecule has 1 heterocycles. The highest BCUT2D eigenvalue weighted by atomic mass is 16.6. The van der Waals surface area contributed by atoms with E-state index >= 15 is 0 Å². The molecule has 1 fully saturated rings. The zero-order valence-corrected chi connectivity index (χ0v) is 15.3. The van der Waals surface area contributed by atoms with Crippen molar-refractivity contribution < 1.29 is 23.9 Å². The molecule has 0 radical (unpaired) electrons. The number of rotatable bonds is 3. The van der Waals surface area contributed by atoms with Crippen LogP contribution in [0.2, 0.25) is 0 Å². The van der Waals surface area contributed by atoms with Crippen LogP contribution in [0.5, 0.6) is 0 Å². The third kappa shape index (κ3) is 4.17. The zero-order valence-electron chi connectivity index (χ0n) is 15.3. The number of benzene rings is 1. The number of allylic oxidation sites excluding steroid dienone is 1. The maximum Gasteiger partial charge on any atom is 0.334 e. The van der Waals surface area contributed by atoms with Gasteiger partial charge in [0.15, 0.2) is 6.04 Å². The zero-order chi connectivity index (χ0) is 19.5. The van der Waals surface area contributed by atoms with Crippen LogP contribution in [0.25, 0.3) is 0 Å². The minimum atomic E-state index is -1.18. The molecule has 7 heteroatoms. The molecule has 0 spiro atoms. The summed E-state index contributed by atoms with van der Waals surface area (Å²) in [5.41, 5.74) is -0.490. The second kappa shape index (κ2) is 7.51. The minimum Gasteiger partial charge on any atom is -0.458 e. The fourth-order valence-corrected chi connectivity index (χ4v) is 2.52. The van der Waals surface area contributed by atoms with Gasteiger partial charge >= 0.3 is 12.0 Å². The van der Waals surface area contributed by atoms with Gasteiger partial charge in [-0.2, -0.15) is 0 Å². The molecule has 1 aromatic rings. The van der Waals surface area contributed by atoms with Gasteiger partial charge < -0.3 is 4.74 Å². The average Bonchev–Trinajstić information content (AvgIpc) is 2.91. The summed E-state index contributed by atoms with van der Waals surface area (Å²) >= 11 is 0. The molecule has 1 atom stereocenters. The number of nitrogens with zero attached hydrogens (tertiary/aromatic N) is 2. The molecular formula is C19H22N2O5. The van der Waals surface area contributed by atoms with Crippen LogP contribution >= 0.6 is 0 Å². The first-order chi connectivity index (χ1) is 12.2. The summed E-state index contributed by atoms with van der Waals surface area (Å²) in [6, 6.07) is 6.19. The highest BCUT2D eigenvalue weighted by Crippen LogP contribution is 2.22. The van der Waals surface area contributed by atoms with E-state index in [-0.39, 0.29) is 6.54 Å². The van der Waals surface area contributed by atoms with Crippen LogP contribution in [0.4, 0.5) is 4.79 Å². The largest absolute Gasteiger partial charge is 0.458 e. The van der Waals surface area contributed by atoms with Crippen LogP contribution in [0, 0.1) is 0 Å². The summed E-state index contributed by atoms with van der Waals surface area (Å²) in [7, 11) is 0. The van der Waals surface area contributed by atoms with E-state index < -0.39 is 35.5 Å². The van der Waals surface area contributed by atoms with Crippen molar-refractivity contribution in [1.29, 1.82) is 0 Å². The summed E-state index contributed by atoms with van der Waals surface area (Å²) in [5.74, 6) is -1.97. The molecule has 0 unspecified atom stereocenters. The number of imide groups is 2. The number of carbonyl (C=O) groups is 4. The number of hydrogen-bond donors (Lipinski definition) is 0. The van der Waals surface area contributed by atoms with Gasteiger partial charge in [-0.05, 0) is 45.9 Å². The Morgan fingerprint density at radius 1 is 1.15 bits per heavy atom. The van der Waals surface area contributed by atoms with Crippen LogP contribution in [0.3, 0.4) is 0 Å². The topological polar surface area (TPSA) is 84.0 Å². The van der Waals surface area contributed by atoms with Crippen LogP contribution in [-0.2, 0) is 14.3 Å². The van der Waals surface area contributed by atoms with E-state index in [0.29, 0.717) is 5.56 Å². The number of ether oxygens (including phenoxy) is 1. The molecular weight excluding hydrogens is 336 g/mol. The molecule has 0 saturated carbocycles. The van der Waals surface area contributed by atoms with E-state index in [1.807, 2.05) is 0 Å². The molecule has 0 aliphatic carbocycles.